The zero-order valence-corrected chi connectivity index (χ0v) is 28.3. The van der Waals surface area contributed by atoms with Gasteiger partial charge in [0.15, 0.2) is 9.95 Å². The SMILES string of the molecule is N#[N+]c1ccc2c(S(=O)(=O)Oc3ccc(-c4cccc(-c5ccc(OS(=O)(=O)c6cccc7c(O)c([N+]#N)ccc67)cc5)c4)cc3)cccc2c1O. The summed E-state index contributed by atoms with van der Waals surface area (Å²) in [6.07, 6.45) is 0. The molecule has 2 N–H and O–H groups in total. The van der Waals surface area contributed by atoms with Crippen LogP contribution < -0.4 is 8.37 Å². The first kappa shape index (κ1) is 33.5. The highest BCUT2D eigenvalue weighted by Crippen LogP contribution is 2.39. The molecule has 0 aliphatic carbocycles. The number of nitrogens with zero attached hydrogens (tertiary/aromatic N) is 4. The second kappa shape index (κ2) is 13.0. The van der Waals surface area contributed by atoms with Gasteiger partial charge < -0.3 is 18.6 Å². The van der Waals surface area contributed by atoms with Gasteiger partial charge in [-0.25, -0.2) is 0 Å². The van der Waals surface area contributed by atoms with Gasteiger partial charge in [-0.15, -0.1) is 0 Å². The number of diazo groups is 2. The minimum Gasteiger partial charge on any atom is -0.501 e. The van der Waals surface area contributed by atoms with E-state index in [1.54, 1.807) is 24.3 Å². The Morgan fingerprint density at radius 2 is 0.827 bits per heavy atom. The lowest BCUT2D eigenvalue weighted by Crippen LogP contribution is -2.10. The van der Waals surface area contributed by atoms with Gasteiger partial charge in [0.1, 0.15) is 21.3 Å². The number of aromatic hydroxyl groups is 2. The molecule has 254 valence electrons. The highest BCUT2D eigenvalue weighted by atomic mass is 32.2. The smallest absolute Gasteiger partial charge is 0.426 e. The minimum absolute atomic E-state index is 0.0689. The summed E-state index contributed by atoms with van der Waals surface area (Å²) in [4.78, 5) is 5.67. The topological polar surface area (TPSA) is 183 Å². The average Bonchev–Trinajstić information content (AvgIpc) is 3.15. The van der Waals surface area contributed by atoms with Crippen molar-refractivity contribution in [2.75, 3.05) is 0 Å². The predicted octanol–water partition coefficient (Wildman–Crippen LogP) is 9.24. The van der Waals surface area contributed by atoms with Gasteiger partial charge in [-0.05, 0) is 76.9 Å². The minimum atomic E-state index is -4.32. The fourth-order valence-electron chi connectivity index (χ4n) is 5.83. The van der Waals surface area contributed by atoms with Crippen LogP contribution in [0.5, 0.6) is 23.0 Å². The second-order valence-electron chi connectivity index (χ2n) is 11.5. The fourth-order valence-corrected chi connectivity index (χ4v) is 8.12. The number of hydrogen-bond acceptors (Lipinski definition) is 10. The van der Waals surface area contributed by atoms with Crippen LogP contribution in [0.3, 0.4) is 0 Å². The molecule has 0 aliphatic rings. The van der Waals surface area contributed by atoms with E-state index in [2.05, 4.69) is 9.95 Å². The van der Waals surface area contributed by atoms with E-state index in [4.69, 9.17) is 19.2 Å². The van der Waals surface area contributed by atoms with Crippen LogP contribution in [-0.2, 0) is 20.2 Å². The summed E-state index contributed by atoms with van der Waals surface area (Å²) in [5.41, 5.74) is 2.98. The maximum atomic E-state index is 13.3. The number of phenolic OH excluding ortho intramolecular Hbond substituents is 2. The number of phenols is 2. The normalized spacial score (nSPS) is 11.5. The van der Waals surface area contributed by atoms with E-state index in [0.29, 0.717) is 0 Å². The van der Waals surface area contributed by atoms with Crippen molar-refractivity contribution in [1.82, 2.24) is 0 Å². The van der Waals surface area contributed by atoms with E-state index in [9.17, 15) is 27.0 Å². The van der Waals surface area contributed by atoms with Crippen LogP contribution in [0.1, 0.15) is 0 Å². The molecular weight excluding hydrogens is 705 g/mol. The van der Waals surface area contributed by atoms with Gasteiger partial charge in [0.05, 0.1) is 0 Å². The summed E-state index contributed by atoms with van der Waals surface area (Å²) in [7, 11) is -8.63. The largest absolute Gasteiger partial charge is 0.501 e. The molecule has 0 fully saturated rings. The van der Waals surface area contributed by atoms with Crippen molar-refractivity contribution in [2.45, 2.75) is 9.79 Å². The Bertz CT molecular complexity index is 2670. The summed E-state index contributed by atoms with van der Waals surface area (Å²) in [5.74, 6) is -0.591. The molecule has 7 rings (SSSR count). The molecule has 14 heteroatoms. The monoisotopic (exact) mass is 728 g/mol. The predicted molar refractivity (Wildman–Crippen MR) is 194 cm³/mol. The molecule has 0 unspecified atom stereocenters. The molecule has 7 aromatic rings. The maximum Gasteiger partial charge on any atom is 0.426 e. The Balaban J connectivity index is 1.08. The zero-order chi connectivity index (χ0) is 36.6. The molecule has 0 saturated carbocycles. The third kappa shape index (κ3) is 6.16. The molecule has 12 nitrogen and oxygen atoms in total. The van der Waals surface area contributed by atoms with Crippen LogP contribution in [0.2, 0.25) is 0 Å². The van der Waals surface area contributed by atoms with Crippen molar-refractivity contribution in [1.29, 1.82) is 10.8 Å². The van der Waals surface area contributed by atoms with E-state index in [1.165, 1.54) is 84.9 Å². The van der Waals surface area contributed by atoms with Gasteiger partial charge in [-0.3, -0.25) is 0 Å². The molecule has 0 saturated heterocycles. The molecule has 0 spiro atoms. The summed E-state index contributed by atoms with van der Waals surface area (Å²) in [6.45, 7) is 0. The van der Waals surface area contributed by atoms with Crippen molar-refractivity contribution in [3.63, 3.8) is 0 Å². The standard InChI is InChI=1S/C38H22N4O8S2/c39-41-33-20-18-29-31(37(33)43)6-2-8-35(29)51(45,46)49-27-14-10-23(11-15-27)25-4-1-5-26(22-25)24-12-16-28(17-13-24)50-52(47,48)36-9-3-7-32-30(36)19-21-34(42-40)38(32)44/h1-22H/p+2. The quantitative estimate of drug-likeness (QED) is 0.113. The van der Waals surface area contributed by atoms with E-state index >= 15 is 0 Å². The highest BCUT2D eigenvalue weighted by molar-refractivity contribution is 7.87. The van der Waals surface area contributed by atoms with Gasteiger partial charge in [-0.2, -0.15) is 16.8 Å². The van der Waals surface area contributed by atoms with E-state index < -0.39 is 20.2 Å². The lowest BCUT2D eigenvalue weighted by Gasteiger charge is -2.11. The summed E-state index contributed by atoms with van der Waals surface area (Å²) in [5, 5.41) is 39.7. The molecule has 0 bridgehead atoms. The Kier molecular flexibility index (Phi) is 8.40. The van der Waals surface area contributed by atoms with Crippen LogP contribution in [0.15, 0.2) is 143 Å². The highest BCUT2D eigenvalue weighted by Gasteiger charge is 2.26. The fraction of sp³-hybridized carbons (Fsp3) is 0. The van der Waals surface area contributed by atoms with Crippen molar-refractivity contribution >= 4 is 53.2 Å². The number of rotatable bonds is 8. The number of fused-ring (bicyclic) bond motifs is 2. The van der Waals surface area contributed by atoms with Crippen LogP contribution in [0, 0.1) is 10.8 Å². The number of hydrogen-bond donors (Lipinski definition) is 2. The Hall–Kier alpha value is -7.00. The van der Waals surface area contributed by atoms with Crippen molar-refractivity contribution in [2.24, 2.45) is 0 Å². The number of benzene rings is 7. The summed E-state index contributed by atoms with van der Waals surface area (Å²) >= 11 is 0. The molecule has 52 heavy (non-hydrogen) atoms. The Labute approximate surface area is 296 Å². The molecule has 0 heterocycles. The molecular formula is C38H24N4O8S2+2. The van der Waals surface area contributed by atoms with Crippen LogP contribution >= 0.6 is 0 Å². The Morgan fingerprint density at radius 1 is 0.442 bits per heavy atom. The van der Waals surface area contributed by atoms with Crippen molar-refractivity contribution in [3.8, 4) is 45.3 Å². The molecule has 0 atom stereocenters. The first-order valence-corrected chi connectivity index (χ1v) is 18.2. The molecule has 0 radical (unpaired) electrons. The van der Waals surface area contributed by atoms with Gasteiger partial charge >= 0.3 is 31.6 Å². The zero-order valence-electron chi connectivity index (χ0n) is 26.7. The van der Waals surface area contributed by atoms with Gasteiger partial charge in [0.25, 0.3) is 0 Å². The molecule has 0 aliphatic heterocycles. The van der Waals surface area contributed by atoms with Crippen LogP contribution in [0.25, 0.3) is 53.8 Å². The maximum absolute atomic E-state index is 13.3. The average molecular weight is 729 g/mol. The van der Waals surface area contributed by atoms with E-state index in [-0.39, 0.29) is 65.7 Å². The van der Waals surface area contributed by atoms with Gasteiger partial charge in [0.2, 0.25) is 22.3 Å². The van der Waals surface area contributed by atoms with E-state index in [0.717, 1.165) is 22.3 Å². The van der Waals surface area contributed by atoms with Crippen molar-refractivity contribution < 1.29 is 35.4 Å². The van der Waals surface area contributed by atoms with Crippen LogP contribution in [-0.4, -0.2) is 27.0 Å². The first-order valence-electron chi connectivity index (χ1n) is 15.4. The Morgan fingerprint density at radius 3 is 1.21 bits per heavy atom. The van der Waals surface area contributed by atoms with Gasteiger partial charge in [0, 0.05) is 33.7 Å². The van der Waals surface area contributed by atoms with Crippen molar-refractivity contribution in [3.05, 3.63) is 143 Å². The first-order chi connectivity index (χ1) is 25.0. The summed E-state index contributed by atoms with van der Waals surface area (Å²) < 4.78 is 63.9. The van der Waals surface area contributed by atoms with Gasteiger partial charge in [-0.1, -0.05) is 66.7 Å². The third-order valence-electron chi connectivity index (χ3n) is 8.35. The van der Waals surface area contributed by atoms with E-state index in [1.807, 2.05) is 24.3 Å². The third-order valence-corrected chi connectivity index (χ3v) is 11.0. The summed E-state index contributed by atoms with van der Waals surface area (Å²) in [6, 6.07) is 34.5. The lowest BCUT2D eigenvalue weighted by molar-refractivity contribution is 0.482. The van der Waals surface area contributed by atoms with Crippen LogP contribution in [0.4, 0.5) is 11.4 Å². The molecule has 7 aromatic carbocycles. The molecule has 0 aromatic heterocycles. The second-order valence-corrected chi connectivity index (χ2v) is 14.5. The molecule has 0 amide bonds. The lowest BCUT2D eigenvalue weighted by atomic mass is 9.99.